The third-order valence-corrected chi connectivity index (χ3v) is 5.22. The topological polar surface area (TPSA) is 107 Å². The third kappa shape index (κ3) is 4.17. The summed E-state index contributed by atoms with van der Waals surface area (Å²) in [6, 6.07) is 15.6. The van der Waals surface area contributed by atoms with Crippen LogP contribution in [0.3, 0.4) is 0 Å². The van der Waals surface area contributed by atoms with Crippen LogP contribution in [0.2, 0.25) is 0 Å². The SMILES string of the molecule is COCCNC(=O)c1c(N)n(N=Cc2ccc(C(C)C)cc2)c2nc3ccccc3nc12. The molecule has 0 aliphatic carbocycles. The van der Waals surface area contributed by atoms with E-state index in [1.54, 1.807) is 13.3 Å². The first-order valence-electron chi connectivity index (χ1n) is 10.5. The van der Waals surface area contributed by atoms with Gasteiger partial charge in [-0.3, -0.25) is 4.79 Å². The summed E-state index contributed by atoms with van der Waals surface area (Å²) in [5, 5.41) is 7.35. The lowest BCUT2D eigenvalue weighted by Crippen LogP contribution is -2.27. The minimum atomic E-state index is -0.343. The first-order chi connectivity index (χ1) is 15.5. The Hall–Kier alpha value is -3.78. The fourth-order valence-electron chi connectivity index (χ4n) is 3.43. The molecule has 8 heteroatoms. The fraction of sp³-hybridized carbons (Fsp3) is 0.250. The van der Waals surface area contributed by atoms with Crippen LogP contribution in [-0.2, 0) is 4.74 Å². The van der Waals surface area contributed by atoms with E-state index in [-0.39, 0.29) is 17.3 Å². The monoisotopic (exact) mass is 430 g/mol. The molecule has 0 spiro atoms. The van der Waals surface area contributed by atoms with Crippen molar-refractivity contribution in [2.45, 2.75) is 19.8 Å². The lowest BCUT2D eigenvalue weighted by Gasteiger charge is -2.05. The van der Waals surface area contributed by atoms with Crippen LogP contribution in [-0.4, -0.2) is 47.0 Å². The molecule has 164 valence electrons. The number of hydrogen-bond donors (Lipinski definition) is 2. The first-order valence-corrected chi connectivity index (χ1v) is 10.5. The van der Waals surface area contributed by atoms with E-state index in [0.29, 0.717) is 41.3 Å². The summed E-state index contributed by atoms with van der Waals surface area (Å²) < 4.78 is 6.49. The van der Waals surface area contributed by atoms with Gasteiger partial charge in [0.1, 0.15) is 16.9 Å². The predicted octanol–water partition coefficient (Wildman–Crippen LogP) is 3.55. The average molecular weight is 431 g/mol. The number of nitrogen functional groups attached to an aromatic ring is 1. The lowest BCUT2D eigenvalue weighted by molar-refractivity contribution is 0.0939. The molecule has 2 aromatic heterocycles. The number of anilines is 1. The van der Waals surface area contributed by atoms with Gasteiger partial charge in [0.2, 0.25) is 0 Å². The van der Waals surface area contributed by atoms with Gasteiger partial charge in [0.05, 0.1) is 23.9 Å². The highest BCUT2D eigenvalue weighted by atomic mass is 16.5. The smallest absolute Gasteiger partial charge is 0.257 e. The molecule has 0 bridgehead atoms. The van der Waals surface area contributed by atoms with Crippen LogP contribution in [0.4, 0.5) is 5.82 Å². The number of hydrogen-bond acceptors (Lipinski definition) is 6. The van der Waals surface area contributed by atoms with Crippen LogP contribution >= 0.6 is 0 Å². The number of fused-ring (bicyclic) bond motifs is 2. The number of rotatable bonds is 7. The van der Waals surface area contributed by atoms with Gasteiger partial charge in [-0.15, -0.1) is 0 Å². The third-order valence-electron chi connectivity index (χ3n) is 5.22. The number of carbonyl (C=O) groups is 1. The van der Waals surface area contributed by atoms with E-state index in [4.69, 9.17) is 10.5 Å². The van der Waals surface area contributed by atoms with Crippen molar-refractivity contribution in [1.82, 2.24) is 20.0 Å². The number of carbonyl (C=O) groups excluding carboxylic acids is 1. The number of nitrogens with one attached hydrogen (secondary N) is 1. The first kappa shape index (κ1) is 21.5. The van der Waals surface area contributed by atoms with Gasteiger partial charge < -0.3 is 15.8 Å². The highest BCUT2D eigenvalue weighted by Gasteiger charge is 2.23. The van der Waals surface area contributed by atoms with E-state index in [9.17, 15) is 4.79 Å². The van der Waals surface area contributed by atoms with E-state index in [1.807, 2.05) is 36.4 Å². The predicted molar refractivity (Wildman–Crippen MR) is 127 cm³/mol. The molecule has 2 aromatic carbocycles. The molecule has 4 rings (SSSR count). The van der Waals surface area contributed by atoms with Crippen molar-refractivity contribution < 1.29 is 9.53 Å². The lowest BCUT2D eigenvalue weighted by atomic mass is 10.0. The van der Waals surface area contributed by atoms with Crippen molar-refractivity contribution in [2.75, 3.05) is 26.0 Å². The number of nitrogens with two attached hydrogens (primary N) is 1. The van der Waals surface area contributed by atoms with Crippen molar-refractivity contribution in [3.05, 3.63) is 65.2 Å². The van der Waals surface area contributed by atoms with E-state index in [0.717, 1.165) is 5.56 Å². The van der Waals surface area contributed by atoms with Gasteiger partial charge in [-0.05, 0) is 29.2 Å². The van der Waals surface area contributed by atoms with Crippen molar-refractivity contribution in [1.29, 1.82) is 0 Å². The molecule has 0 fully saturated rings. The number of amides is 1. The summed E-state index contributed by atoms with van der Waals surface area (Å²) in [5.74, 6) is 0.289. The number of nitrogens with zero attached hydrogens (tertiary/aromatic N) is 4. The second kappa shape index (κ2) is 9.15. The summed E-state index contributed by atoms with van der Waals surface area (Å²) in [6.07, 6.45) is 1.70. The van der Waals surface area contributed by atoms with Crippen LogP contribution in [0.1, 0.15) is 41.3 Å². The van der Waals surface area contributed by atoms with Crippen LogP contribution < -0.4 is 11.1 Å². The summed E-state index contributed by atoms with van der Waals surface area (Å²) in [6.45, 7) is 5.05. The largest absolute Gasteiger partial charge is 0.383 e. The van der Waals surface area contributed by atoms with Gasteiger partial charge >= 0.3 is 0 Å². The molecule has 0 radical (unpaired) electrons. The van der Waals surface area contributed by atoms with Gasteiger partial charge in [0.15, 0.2) is 5.65 Å². The Bertz CT molecular complexity index is 1290. The molecule has 4 aromatic rings. The van der Waals surface area contributed by atoms with E-state index < -0.39 is 0 Å². The second-order valence-corrected chi connectivity index (χ2v) is 7.77. The Morgan fingerprint density at radius 1 is 1.16 bits per heavy atom. The zero-order valence-electron chi connectivity index (χ0n) is 18.4. The summed E-state index contributed by atoms with van der Waals surface area (Å²) in [7, 11) is 1.58. The summed E-state index contributed by atoms with van der Waals surface area (Å²) in [5.41, 5.74) is 11.0. The van der Waals surface area contributed by atoms with Gasteiger partial charge in [-0.25, -0.2) is 9.97 Å². The standard InChI is InChI=1S/C24H26N6O2/c1-15(2)17-10-8-16(9-11-17)14-27-30-22(25)20(24(31)26-12-13-32-3)21-23(30)29-19-7-5-4-6-18(19)28-21/h4-11,14-15H,12-13,25H2,1-3H3,(H,26,31). The molecule has 3 N–H and O–H groups in total. The van der Waals surface area contributed by atoms with Crippen molar-refractivity contribution >= 4 is 40.1 Å². The number of methoxy groups -OCH3 is 1. The molecule has 32 heavy (non-hydrogen) atoms. The number of para-hydroxylation sites is 2. The molecule has 0 atom stereocenters. The molecule has 0 saturated heterocycles. The minimum Gasteiger partial charge on any atom is -0.383 e. The second-order valence-electron chi connectivity index (χ2n) is 7.77. The minimum absolute atomic E-state index is 0.181. The molecule has 0 aliphatic heterocycles. The zero-order valence-corrected chi connectivity index (χ0v) is 18.4. The highest BCUT2D eigenvalue weighted by molar-refractivity contribution is 6.10. The molecule has 2 heterocycles. The Morgan fingerprint density at radius 3 is 2.50 bits per heavy atom. The normalized spacial score (nSPS) is 11.8. The molecule has 0 aliphatic rings. The molecule has 0 unspecified atom stereocenters. The van der Waals surface area contributed by atoms with E-state index in [2.05, 4.69) is 46.4 Å². The fourth-order valence-corrected chi connectivity index (χ4v) is 3.43. The summed E-state index contributed by atoms with van der Waals surface area (Å²) >= 11 is 0. The zero-order chi connectivity index (χ0) is 22.7. The van der Waals surface area contributed by atoms with Crippen LogP contribution in [0.15, 0.2) is 53.6 Å². The Balaban J connectivity index is 1.80. The van der Waals surface area contributed by atoms with Crippen LogP contribution in [0.25, 0.3) is 22.2 Å². The van der Waals surface area contributed by atoms with Crippen molar-refractivity contribution in [3.8, 4) is 0 Å². The average Bonchev–Trinajstić information content (AvgIpc) is 3.06. The van der Waals surface area contributed by atoms with Crippen LogP contribution in [0, 0.1) is 0 Å². The van der Waals surface area contributed by atoms with Crippen LogP contribution in [0.5, 0.6) is 0 Å². The summed E-state index contributed by atoms with van der Waals surface area (Å²) in [4.78, 5) is 22.3. The molecular formula is C24H26N6O2. The number of benzene rings is 2. The maximum Gasteiger partial charge on any atom is 0.257 e. The van der Waals surface area contributed by atoms with Gasteiger partial charge in [0, 0.05) is 13.7 Å². The maximum absolute atomic E-state index is 12.9. The maximum atomic E-state index is 12.9. The van der Waals surface area contributed by atoms with E-state index >= 15 is 0 Å². The van der Waals surface area contributed by atoms with Crippen molar-refractivity contribution in [2.24, 2.45) is 5.10 Å². The Morgan fingerprint density at radius 2 is 1.84 bits per heavy atom. The molecule has 8 nitrogen and oxygen atoms in total. The number of ether oxygens (including phenoxy) is 1. The molecule has 1 amide bonds. The number of aromatic nitrogens is 3. The highest BCUT2D eigenvalue weighted by Crippen LogP contribution is 2.27. The van der Waals surface area contributed by atoms with Gasteiger partial charge in [-0.1, -0.05) is 50.2 Å². The Kier molecular flexibility index (Phi) is 6.13. The Labute approximate surface area is 186 Å². The van der Waals surface area contributed by atoms with Gasteiger partial charge in [0.25, 0.3) is 5.91 Å². The molecule has 0 saturated carbocycles. The quantitative estimate of drug-likeness (QED) is 0.344. The van der Waals surface area contributed by atoms with Gasteiger partial charge in [-0.2, -0.15) is 9.78 Å². The molecular weight excluding hydrogens is 404 g/mol. The van der Waals surface area contributed by atoms with E-state index in [1.165, 1.54) is 10.2 Å². The van der Waals surface area contributed by atoms with Crippen molar-refractivity contribution in [3.63, 3.8) is 0 Å².